The van der Waals surface area contributed by atoms with Crippen LogP contribution in [0.5, 0.6) is 11.5 Å². The number of rotatable bonds is 4. The summed E-state index contributed by atoms with van der Waals surface area (Å²) in [7, 11) is 0. The molecular formula is C31H49N2O2+. The SMILES string of the molecule is C1CCC2=NCCC[NH+]2CC1.CCCCCc1cc2c(c(O)c1C)[C@@H]1C=C(C)CC[C@H]1C(C)(C)O2. The van der Waals surface area contributed by atoms with E-state index in [1.54, 1.807) is 4.90 Å². The van der Waals surface area contributed by atoms with Crippen molar-refractivity contribution in [3.8, 4) is 11.5 Å². The number of hydrogen-bond acceptors (Lipinski definition) is 3. The Morgan fingerprint density at radius 2 is 1.89 bits per heavy atom. The molecule has 1 aliphatic carbocycles. The maximum atomic E-state index is 11.0. The average Bonchev–Trinajstić information content (AvgIpc) is 3.08. The summed E-state index contributed by atoms with van der Waals surface area (Å²) in [6.07, 6.45) is 16.1. The molecule has 1 saturated heterocycles. The fourth-order valence-electron chi connectivity index (χ4n) is 6.63. The molecule has 1 aromatic carbocycles. The van der Waals surface area contributed by atoms with E-state index >= 15 is 0 Å². The first-order valence-electron chi connectivity index (χ1n) is 14.4. The third-order valence-electron chi connectivity index (χ3n) is 8.80. The van der Waals surface area contributed by atoms with Gasteiger partial charge in [-0.25, -0.2) is 4.99 Å². The molecule has 0 bridgehead atoms. The van der Waals surface area contributed by atoms with E-state index in [9.17, 15) is 5.11 Å². The molecule has 4 aliphatic rings. The molecule has 5 rings (SSSR count). The van der Waals surface area contributed by atoms with Crippen LogP contribution in [0.25, 0.3) is 0 Å². The van der Waals surface area contributed by atoms with Crippen LogP contribution in [0.2, 0.25) is 0 Å². The first-order valence-corrected chi connectivity index (χ1v) is 14.4. The van der Waals surface area contributed by atoms with E-state index in [-0.39, 0.29) is 11.5 Å². The smallest absolute Gasteiger partial charge is 0.196 e. The zero-order valence-corrected chi connectivity index (χ0v) is 23.0. The van der Waals surface area contributed by atoms with Crippen LogP contribution in [-0.4, -0.2) is 36.2 Å². The zero-order chi connectivity index (χ0) is 25.0. The molecule has 0 spiro atoms. The van der Waals surface area contributed by atoms with Crippen molar-refractivity contribution < 1.29 is 14.7 Å². The van der Waals surface area contributed by atoms with Crippen molar-refractivity contribution in [2.24, 2.45) is 10.9 Å². The number of aliphatic imine (C=N–C) groups is 1. The molecule has 0 saturated carbocycles. The molecule has 3 aliphatic heterocycles. The van der Waals surface area contributed by atoms with Gasteiger partial charge in [0.15, 0.2) is 5.84 Å². The van der Waals surface area contributed by atoms with Gasteiger partial charge in [0.2, 0.25) is 0 Å². The van der Waals surface area contributed by atoms with E-state index < -0.39 is 0 Å². The molecule has 3 atom stereocenters. The van der Waals surface area contributed by atoms with E-state index in [0.29, 0.717) is 11.7 Å². The van der Waals surface area contributed by atoms with Gasteiger partial charge in [-0.1, -0.05) is 31.4 Å². The summed E-state index contributed by atoms with van der Waals surface area (Å²) in [5.74, 6) is 3.57. The Kier molecular flexibility index (Phi) is 8.63. The number of phenols is 1. The van der Waals surface area contributed by atoms with Gasteiger partial charge in [-0.15, -0.1) is 0 Å². The van der Waals surface area contributed by atoms with Crippen molar-refractivity contribution in [3.63, 3.8) is 0 Å². The molecule has 0 aromatic heterocycles. The van der Waals surface area contributed by atoms with Crippen LogP contribution in [0.15, 0.2) is 22.7 Å². The normalized spacial score (nSPS) is 26.9. The van der Waals surface area contributed by atoms with Gasteiger partial charge in [-0.05, 0) is 89.8 Å². The van der Waals surface area contributed by atoms with Crippen molar-refractivity contribution in [1.29, 1.82) is 0 Å². The number of aromatic hydroxyl groups is 1. The molecule has 35 heavy (non-hydrogen) atoms. The van der Waals surface area contributed by atoms with Crippen molar-refractivity contribution in [3.05, 3.63) is 34.4 Å². The molecule has 194 valence electrons. The van der Waals surface area contributed by atoms with Crippen LogP contribution in [0.4, 0.5) is 0 Å². The lowest BCUT2D eigenvalue weighted by Gasteiger charge is -2.46. The Balaban J connectivity index is 0.000000218. The van der Waals surface area contributed by atoms with Crippen LogP contribution < -0.4 is 9.64 Å². The topological polar surface area (TPSA) is 46.3 Å². The molecule has 3 heterocycles. The third-order valence-corrected chi connectivity index (χ3v) is 8.80. The van der Waals surface area contributed by atoms with Crippen LogP contribution in [0.1, 0.15) is 115 Å². The Labute approximate surface area is 213 Å². The van der Waals surface area contributed by atoms with Crippen LogP contribution >= 0.6 is 0 Å². The third kappa shape index (κ3) is 5.96. The van der Waals surface area contributed by atoms with Crippen molar-refractivity contribution in [2.75, 3.05) is 19.6 Å². The van der Waals surface area contributed by atoms with Gasteiger partial charge < -0.3 is 9.84 Å². The van der Waals surface area contributed by atoms with Gasteiger partial charge in [-0.3, -0.25) is 4.90 Å². The number of allylic oxidation sites excluding steroid dienone is 2. The first kappa shape index (κ1) is 26.3. The number of amidine groups is 1. The van der Waals surface area contributed by atoms with E-state index in [4.69, 9.17) is 4.74 Å². The molecule has 0 amide bonds. The molecule has 0 radical (unpaired) electrons. The summed E-state index contributed by atoms with van der Waals surface area (Å²) in [6, 6.07) is 2.20. The second-order valence-corrected chi connectivity index (χ2v) is 11.9. The Morgan fingerprint density at radius 3 is 2.69 bits per heavy atom. The van der Waals surface area contributed by atoms with Gasteiger partial charge in [0, 0.05) is 36.8 Å². The van der Waals surface area contributed by atoms with Crippen molar-refractivity contribution >= 4 is 5.84 Å². The number of hydrogen-bond donors (Lipinski definition) is 2. The predicted molar refractivity (Wildman–Crippen MR) is 146 cm³/mol. The molecule has 1 fully saturated rings. The van der Waals surface area contributed by atoms with E-state index in [1.165, 1.54) is 81.4 Å². The Hall–Kier alpha value is -1.81. The average molecular weight is 482 g/mol. The van der Waals surface area contributed by atoms with Crippen LogP contribution in [-0.2, 0) is 6.42 Å². The number of ether oxygens (including phenoxy) is 1. The molecule has 2 N–H and O–H groups in total. The highest BCUT2D eigenvalue weighted by Crippen LogP contribution is 2.54. The van der Waals surface area contributed by atoms with Gasteiger partial charge in [0.1, 0.15) is 17.1 Å². The molecule has 1 unspecified atom stereocenters. The zero-order valence-electron chi connectivity index (χ0n) is 23.0. The summed E-state index contributed by atoms with van der Waals surface area (Å²) in [6.45, 7) is 14.7. The Morgan fingerprint density at radius 1 is 1.09 bits per heavy atom. The van der Waals surface area contributed by atoms with Crippen LogP contribution in [0, 0.1) is 12.8 Å². The standard InChI is InChI=1S/C22H32O2.C9H16N2/c1-6-7-8-9-16-13-19-20(21(23)15(16)3)17-12-14(2)10-11-18(17)22(4,5)24-19;1-2-5-9-10-6-4-8-11(9)7-3-1/h12-13,17-18,23H,6-11H2,1-5H3;1-8H2/p+1/t17-,18-;/m1./s1. The summed E-state index contributed by atoms with van der Waals surface area (Å²) in [5.41, 5.74) is 4.56. The van der Waals surface area contributed by atoms with E-state index in [1.807, 2.05) is 0 Å². The lowest BCUT2D eigenvalue weighted by Crippen LogP contribution is -3.15. The molecule has 4 nitrogen and oxygen atoms in total. The monoisotopic (exact) mass is 481 g/mol. The maximum absolute atomic E-state index is 11.0. The molecule has 1 aromatic rings. The quantitative estimate of drug-likeness (QED) is 0.392. The van der Waals surface area contributed by atoms with Crippen LogP contribution in [0.3, 0.4) is 0 Å². The number of fused-ring (bicyclic) bond motifs is 4. The molecular weight excluding hydrogens is 432 g/mol. The van der Waals surface area contributed by atoms with E-state index in [2.05, 4.69) is 51.8 Å². The number of nitrogens with zero attached hydrogens (tertiary/aromatic N) is 1. The largest absolute Gasteiger partial charge is 0.507 e. The minimum atomic E-state index is -0.183. The highest BCUT2D eigenvalue weighted by Gasteiger charge is 2.45. The lowest BCUT2D eigenvalue weighted by atomic mass is 9.67. The first-order chi connectivity index (χ1) is 16.8. The van der Waals surface area contributed by atoms with Gasteiger partial charge in [0.25, 0.3) is 0 Å². The number of quaternary nitrogens is 1. The fourth-order valence-corrected chi connectivity index (χ4v) is 6.63. The summed E-state index contributed by atoms with van der Waals surface area (Å²) < 4.78 is 6.42. The maximum Gasteiger partial charge on any atom is 0.196 e. The number of nitrogens with one attached hydrogen (secondary N) is 1. The Bertz CT molecular complexity index is 946. The second kappa shape index (κ2) is 11.5. The minimum absolute atomic E-state index is 0.183. The van der Waals surface area contributed by atoms with E-state index in [0.717, 1.165) is 42.7 Å². The minimum Gasteiger partial charge on any atom is -0.507 e. The summed E-state index contributed by atoms with van der Waals surface area (Å²) in [5, 5.41) is 11.0. The van der Waals surface area contributed by atoms with Crippen molar-refractivity contribution in [1.82, 2.24) is 0 Å². The fraction of sp³-hybridized carbons (Fsp3) is 0.710. The number of benzene rings is 1. The number of phenolic OH excluding ortho intramolecular Hbond substituents is 1. The summed E-state index contributed by atoms with van der Waals surface area (Å²) in [4.78, 5) is 6.28. The second-order valence-electron chi connectivity index (χ2n) is 11.9. The van der Waals surface area contributed by atoms with Crippen molar-refractivity contribution in [2.45, 2.75) is 117 Å². The highest BCUT2D eigenvalue weighted by molar-refractivity contribution is 5.73. The molecule has 4 heteroatoms. The lowest BCUT2D eigenvalue weighted by molar-refractivity contribution is -0.809. The summed E-state index contributed by atoms with van der Waals surface area (Å²) >= 11 is 0. The van der Waals surface area contributed by atoms with Gasteiger partial charge in [-0.2, -0.15) is 0 Å². The number of unbranched alkanes of at least 4 members (excludes halogenated alkanes) is 2. The highest BCUT2D eigenvalue weighted by atomic mass is 16.5. The predicted octanol–water partition coefficient (Wildman–Crippen LogP) is 6.29. The van der Waals surface area contributed by atoms with Gasteiger partial charge in [0.05, 0.1) is 13.1 Å². The number of aryl methyl sites for hydroxylation is 1. The van der Waals surface area contributed by atoms with Gasteiger partial charge >= 0.3 is 0 Å².